The molecule has 4 aromatic rings. The van der Waals surface area contributed by atoms with E-state index in [1.807, 2.05) is 0 Å². The van der Waals surface area contributed by atoms with E-state index in [-0.39, 0.29) is 34.7 Å². The van der Waals surface area contributed by atoms with Gasteiger partial charge in [0.2, 0.25) is 0 Å². The van der Waals surface area contributed by atoms with E-state index in [1.54, 1.807) is 13.0 Å². The highest BCUT2D eigenvalue weighted by molar-refractivity contribution is 7.91. The summed E-state index contributed by atoms with van der Waals surface area (Å²) >= 11 is 0. The van der Waals surface area contributed by atoms with Crippen molar-refractivity contribution in [3.8, 4) is 16.9 Å². The molecule has 1 aliphatic heterocycles. The van der Waals surface area contributed by atoms with Crippen molar-refractivity contribution in [1.82, 2.24) is 20.1 Å². The zero-order chi connectivity index (χ0) is 26.6. The highest BCUT2D eigenvalue weighted by atomic mass is 32.2. The predicted molar refractivity (Wildman–Crippen MR) is 128 cm³/mol. The number of halogens is 4. The SMILES string of the molecule is CC1(NC(=O)c2ccc3c(-c4ccnc(C(F)(F)F)c4)nn(-c4ccc(F)cc4)c3c2)CCS(=O)(=O)C1. The summed E-state index contributed by atoms with van der Waals surface area (Å²) in [6.45, 7) is 1.66. The van der Waals surface area contributed by atoms with E-state index in [9.17, 15) is 30.8 Å². The van der Waals surface area contributed by atoms with Gasteiger partial charge in [0.15, 0.2) is 9.84 Å². The van der Waals surface area contributed by atoms with Crippen molar-refractivity contribution < 1.29 is 30.8 Å². The summed E-state index contributed by atoms with van der Waals surface area (Å²) in [5.41, 5.74) is -0.595. The maximum absolute atomic E-state index is 13.6. The van der Waals surface area contributed by atoms with Crippen LogP contribution in [0.3, 0.4) is 0 Å². The average molecular weight is 533 g/mol. The summed E-state index contributed by atoms with van der Waals surface area (Å²) in [6.07, 6.45) is -3.33. The fraction of sp³-hybridized carbons (Fsp3) is 0.240. The molecule has 2 aromatic heterocycles. The van der Waals surface area contributed by atoms with E-state index in [1.165, 1.54) is 47.1 Å². The van der Waals surface area contributed by atoms with Gasteiger partial charge >= 0.3 is 6.18 Å². The topological polar surface area (TPSA) is 93.9 Å². The van der Waals surface area contributed by atoms with Gasteiger partial charge in [-0.25, -0.2) is 17.5 Å². The van der Waals surface area contributed by atoms with Crippen LogP contribution < -0.4 is 5.32 Å². The summed E-state index contributed by atoms with van der Waals surface area (Å²) < 4.78 is 78.7. The molecule has 0 spiro atoms. The van der Waals surface area contributed by atoms with Crippen LogP contribution in [0.15, 0.2) is 60.8 Å². The molecule has 1 N–H and O–H groups in total. The molecule has 0 saturated carbocycles. The van der Waals surface area contributed by atoms with Crippen molar-refractivity contribution in [2.24, 2.45) is 0 Å². The zero-order valence-electron chi connectivity index (χ0n) is 19.4. The molecule has 1 unspecified atom stereocenters. The Bertz CT molecular complexity index is 1630. The molecule has 1 aliphatic rings. The Morgan fingerprint density at radius 2 is 1.81 bits per heavy atom. The molecule has 1 amide bonds. The fourth-order valence-corrected chi connectivity index (χ4v) is 6.53. The standard InChI is InChI=1S/C25H20F4N4O3S/c1-24(9-11-37(35,36)14-24)31-23(34)16-2-7-19-20(12-16)33(18-5-3-17(26)4-6-18)32-22(19)15-8-10-30-21(13-15)25(27,28)29/h2-8,10,12-13H,9,11,14H2,1H3,(H,31,34). The smallest absolute Gasteiger partial charge is 0.346 e. The van der Waals surface area contributed by atoms with E-state index < -0.39 is 39.0 Å². The number of amides is 1. The minimum absolute atomic E-state index is 0.0185. The van der Waals surface area contributed by atoms with Gasteiger partial charge in [-0.15, -0.1) is 0 Å². The number of alkyl halides is 3. The van der Waals surface area contributed by atoms with Gasteiger partial charge in [0.1, 0.15) is 17.2 Å². The van der Waals surface area contributed by atoms with Crippen molar-refractivity contribution in [3.63, 3.8) is 0 Å². The number of aromatic nitrogens is 3. The molecule has 192 valence electrons. The van der Waals surface area contributed by atoms with Crippen LogP contribution in [0.1, 0.15) is 29.4 Å². The van der Waals surface area contributed by atoms with Crippen LogP contribution in [0.4, 0.5) is 17.6 Å². The highest BCUT2D eigenvalue weighted by Gasteiger charge is 2.39. The molecular formula is C25H20F4N4O3S. The van der Waals surface area contributed by atoms with E-state index in [2.05, 4.69) is 15.4 Å². The summed E-state index contributed by atoms with van der Waals surface area (Å²) in [7, 11) is -3.25. The highest BCUT2D eigenvalue weighted by Crippen LogP contribution is 2.34. The number of nitrogens with zero attached hydrogens (tertiary/aromatic N) is 3. The van der Waals surface area contributed by atoms with Crippen LogP contribution in [0.25, 0.3) is 27.8 Å². The van der Waals surface area contributed by atoms with E-state index >= 15 is 0 Å². The summed E-state index contributed by atoms with van der Waals surface area (Å²) in [6, 6.07) is 12.2. The Kier molecular flexibility index (Phi) is 5.81. The molecule has 12 heteroatoms. The second-order valence-electron chi connectivity index (χ2n) is 9.25. The van der Waals surface area contributed by atoms with Crippen molar-refractivity contribution >= 4 is 26.6 Å². The molecule has 7 nitrogen and oxygen atoms in total. The minimum Gasteiger partial charge on any atom is -0.346 e. The molecule has 1 atom stereocenters. The third-order valence-corrected chi connectivity index (χ3v) is 8.16. The first kappa shape index (κ1) is 24.9. The number of sulfone groups is 1. The summed E-state index contributed by atoms with van der Waals surface area (Å²) in [5.74, 6) is -1.17. The maximum Gasteiger partial charge on any atom is 0.433 e. The number of benzene rings is 2. The summed E-state index contributed by atoms with van der Waals surface area (Å²) in [5, 5.41) is 7.75. The predicted octanol–water partition coefficient (Wildman–Crippen LogP) is 4.55. The van der Waals surface area contributed by atoms with E-state index in [0.717, 1.165) is 12.3 Å². The van der Waals surface area contributed by atoms with Gasteiger partial charge in [-0.05, 0) is 67.9 Å². The van der Waals surface area contributed by atoms with Gasteiger partial charge in [-0.2, -0.15) is 18.3 Å². The minimum atomic E-state index is -4.65. The van der Waals surface area contributed by atoms with Gasteiger partial charge in [-0.3, -0.25) is 9.78 Å². The van der Waals surface area contributed by atoms with Gasteiger partial charge in [-0.1, -0.05) is 0 Å². The monoisotopic (exact) mass is 532 g/mol. The lowest BCUT2D eigenvalue weighted by Crippen LogP contribution is -2.46. The molecular weight excluding hydrogens is 512 g/mol. The first-order valence-corrected chi connectivity index (χ1v) is 13.0. The third kappa shape index (κ3) is 4.93. The Balaban J connectivity index is 1.62. The van der Waals surface area contributed by atoms with Gasteiger partial charge in [0.05, 0.1) is 28.2 Å². The third-order valence-electron chi connectivity index (χ3n) is 6.26. The quantitative estimate of drug-likeness (QED) is 0.389. The second kappa shape index (κ2) is 8.65. The van der Waals surface area contributed by atoms with Crippen molar-refractivity contribution in [2.75, 3.05) is 11.5 Å². The molecule has 37 heavy (non-hydrogen) atoms. The second-order valence-corrected chi connectivity index (χ2v) is 11.4. The maximum atomic E-state index is 13.6. The number of fused-ring (bicyclic) bond motifs is 1. The van der Waals surface area contributed by atoms with Crippen LogP contribution >= 0.6 is 0 Å². The Labute approximate surface area is 209 Å². The van der Waals surface area contributed by atoms with Crippen LogP contribution in [0, 0.1) is 5.82 Å². The normalized spacial score (nSPS) is 19.3. The first-order chi connectivity index (χ1) is 17.3. The zero-order valence-corrected chi connectivity index (χ0v) is 20.2. The van der Waals surface area contributed by atoms with Gasteiger partial charge in [0, 0.05) is 22.7 Å². The van der Waals surface area contributed by atoms with Gasteiger partial charge < -0.3 is 5.32 Å². The lowest BCUT2D eigenvalue weighted by atomic mass is 10.0. The fourth-order valence-electron chi connectivity index (χ4n) is 4.44. The molecule has 0 bridgehead atoms. The molecule has 0 radical (unpaired) electrons. The Hall–Kier alpha value is -3.80. The number of pyridine rings is 1. The lowest BCUT2D eigenvalue weighted by Gasteiger charge is -2.23. The number of hydrogen-bond acceptors (Lipinski definition) is 5. The molecule has 0 aliphatic carbocycles. The Morgan fingerprint density at radius 3 is 2.46 bits per heavy atom. The summed E-state index contributed by atoms with van der Waals surface area (Å²) in [4.78, 5) is 16.5. The largest absolute Gasteiger partial charge is 0.433 e. The van der Waals surface area contributed by atoms with Gasteiger partial charge in [0.25, 0.3) is 5.91 Å². The molecule has 2 aromatic carbocycles. The van der Waals surface area contributed by atoms with E-state index in [0.29, 0.717) is 16.6 Å². The number of nitrogens with one attached hydrogen (secondary N) is 1. The van der Waals surface area contributed by atoms with Crippen LogP contribution in [0.5, 0.6) is 0 Å². The number of rotatable bonds is 4. The van der Waals surface area contributed by atoms with Crippen molar-refractivity contribution in [1.29, 1.82) is 0 Å². The first-order valence-electron chi connectivity index (χ1n) is 11.2. The van der Waals surface area contributed by atoms with E-state index in [4.69, 9.17) is 0 Å². The van der Waals surface area contributed by atoms with Crippen LogP contribution in [-0.2, 0) is 16.0 Å². The molecule has 5 rings (SSSR count). The van der Waals surface area contributed by atoms with Crippen molar-refractivity contribution in [2.45, 2.75) is 25.1 Å². The number of carbonyl (C=O) groups is 1. The van der Waals surface area contributed by atoms with Crippen molar-refractivity contribution in [3.05, 3.63) is 77.9 Å². The average Bonchev–Trinajstić information content (AvgIpc) is 3.35. The molecule has 1 fully saturated rings. The number of hydrogen-bond donors (Lipinski definition) is 1. The molecule has 1 saturated heterocycles. The van der Waals surface area contributed by atoms with Crippen LogP contribution in [-0.4, -0.2) is 46.1 Å². The van der Waals surface area contributed by atoms with Crippen LogP contribution in [0.2, 0.25) is 0 Å². The Morgan fingerprint density at radius 1 is 1.08 bits per heavy atom. The lowest BCUT2D eigenvalue weighted by molar-refractivity contribution is -0.141. The number of carbonyl (C=O) groups excluding carboxylic acids is 1. The molecule has 3 heterocycles.